The zero-order valence-corrected chi connectivity index (χ0v) is 17.1. The summed E-state index contributed by atoms with van der Waals surface area (Å²) in [5.41, 5.74) is 8.16. The first-order valence-corrected chi connectivity index (χ1v) is 8.97. The third kappa shape index (κ3) is 4.65. The summed E-state index contributed by atoms with van der Waals surface area (Å²) in [6.07, 6.45) is 0. The van der Waals surface area contributed by atoms with Crippen LogP contribution in [0.4, 0.5) is 0 Å². The van der Waals surface area contributed by atoms with Gasteiger partial charge in [0.25, 0.3) is 11.8 Å². The van der Waals surface area contributed by atoms with E-state index in [1.165, 1.54) is 32.0 Å². The van der Waals surface area contributed by atoms with Crippen LogP contribution < -0.4 is 22.1 Å². The lowest BCUT2D eigenvalue weighted by atomic mass is 9.87. The molecule has 0 fully saturated rings. The van der Waals surface area contributed by atoms with Crippen LogP contribution in [0.2, 0.25) is 0 Å². The summed E-state index contributed by atoms with van der Waals surface area (Å²) < 4.78 is 0. The number of hydrogen-bond donors (Lipinski definition) is 4. The van der Waals surface area contributed by atoms with Crippen LogP contribution in [0.1, 0.15) is 62.5 Å². The van der Waals surface area contributed by atoms with Crippen molar-refractivity contribution in [2.24, 2.45) is 23.3 Å². The van der Waals surface area contributed by atoms with Gasteiger partial charge >= 0.3 is 0 Å². The molecule has 6 N–H and O–H groups in total. The molecule has 2 atom stereocenters. The Morgan fingerprint density at radius 1 is 0.821 bits per heavy atom. The smallest absolute Gasteiger partial charge is 0.270 e. The quantitative estimate of drug-likeness (QED) is 0.502. The molecule has 0 bridgehead atoms. The van der Waals surface area contributed by atoms with Crippen LogP contribution in [0.5, 0.6) is 0 Å². The average Bonchev–Trinajstić information content (AvgIpc) is 2.60. The van der Waals surface area contributed by atoms with Crippen molar-refractivity contribution in [3.05, 3.63) is 29.6 Å². The van der Waals surface area contributed by atoms with Gasteiger partial charge in [0, 0.05) is 0 Å². The number of nitrogens with zero attached hydrogens (tertiary/aromatic N) is 1. The van der Waals surface area contributed by atoms with Crippen LogP contribution in [0.25, 0.3) is 0 Å². The van der Waals surface area contributed by atoms with E-state index in [1.807, 2.05) is 0 Å². The van der Waals surface area contributed by atoms with E-state index in [0.717, 1.165) is 0 Å². The van der Waals surface area contributed by atoms with Gasteiger partial charge in [-0.2, -0.15) is 0 Å². The molecular weight excluding hydrogens is 362 g/mol. The number of amides is 4. The number of carbonyl (C=O) groups is 4. The molecule has 0 aliphatic carbocycles. The first kappa shape index (κ1) is 23.1. The Kier molecular flexibility index (Phi) is 6.89. The van der Waals surface area contributed by atoms with E-state index in [0.29, 0.717) is 0 Å². The van der Waals surface area contributed by atoms with Gasteiger partial charge in [0.15, 0.2) is 0 Å². The maximum atomic E-state index is 12.6. The zero-order chi connectivity index (χ0) is 21.9. The maximum Gasteiger partial charge on any atom is 0.270 e. The van der Waals surface area contributed by atoms with Crippen molar-refractivity contribution in [2.45, 2.75) is 52.6 Å². The number of rotatable bonds is 8. The molecule has 28 heavy (non-hydrogen) atoms. The fourth-order valence-corrected chi connectivity index (χ4v) is 2.27. The second kappa shape index (κ2) is 8.37. The van der Waals surface area contributed by atoms with Gasteiger partial charge in [0.2, 0.25) is 11.8 Å². The molecule has 0 aromatic carbocycles. The highest BCUT2D eigenvalue weighted by Crippen LogP contribution is 2.18. The molecular formula is C19H29N5O4. The minimum Gasteiger partial charge on any atom is -0.368 e. The summed E-state index contributed by atoms with van der Waals surface area (Å²) >= 11 is 0. The molecule has 0 aliphatic rings. The normalized spacial score (nSPS) is 15.4. The van der Waals surface area contributed by atoms with Crippen molar-refractivity contribution in [1.29, 1.82) is 0 Å². The lowest BCUT2D eigenvalue weighted by Crippen LogP contribution is -2.59. The summed E-state index contributed by atoms with van der Waals surface area (Å²) in [5, 5.41) is 5.16. The molecule has 1 aromatic rings. The maximum absolute atomic E-state index is 12.6. The van der Waals surface area contributed by atoms with Gasteiger partial charge in [-0.15, -0.1) is 0 Å². The molecule has 0 saturated heterocycles. The van der Waals surface area contributed by atoms with Crippen LogP contribution in [0, 0.1) is 11.8 Å². The molecule has 1 aromatic heterocycles. The predicted molar refractivity (Wildman–Crippen MR) is 104 cm³/mol. The summed E-state index contributed by atoms with van der Waals surface area (Å²) in [7, 11) is 0. The molecule has 1 rings (SSSR count). The van der Waals surface area contributed by atoms with Crippen LogP contribution in [-0.4, -0.2) is 39.7 Å². The van der Waals surface area contributed by atoms with Gasteiger partial charge < -0.3 is 22.1 Å². The van der Waals surface area contributed by atoms with E-state index in [-0.39, 0.29) is 23.2 Å². The van der Waals surface area contributed by atoms with Crippen molar-refractivity contribution in [1.82, 2.24) is 15.6 Å². The summed E-state index contributed by atoms with van der Waals surface area (Å²) in [4.78, 5) is 52.7. The molecule has 0 spiro atoms. The van der Waals surface area contributed by atoms with Gasteiger partial charge in [-0.3, -0.25) is 19.2 Å². The van der Waals surface area contributed by atoms with Crippen molar-refractivity contribution in [3.8, 4) is 0 Å². The van der Waals surface area contributed by atoms with E-state index in [1.54, 1.807) is 27.7 Å². The van der Waals surface area contributed by atoms with Gasteiger partial charge in [0.1, 0.15) is 22.5 Å². The molecule has 1 heterocycles. The minimum atomic E-state index is -1.28. The number of carbonyl (C=O) groups excluding carboxylic acids is 4. The molecule has 0 saturated carbocycles. The SMILES string of the molecule is CC(C)[C@](C)(NC(=O)c1cccc(C(=O)N[C@](C)(C(N)=O)C(C)C)n1)C(N)=O. The summed E-state index contributed by atoms with van der Waals surface area (Å²) in [6.45, 7) is 10.0. The summed E-state index contributed by atoms with van der Waals surface area (Å²) in [5.74, 6) is -3.18. The van der Waals surface area contributed by atoms with Crippen molar-refractivity contribution in [3.63, 3.8) is 0 Å². The highest BCUT2D eigenvalue weighted by Gasteiger charge is 2.38. The Morgan fingerprint density at radius 2 is 1.14 bits per heavy atom. The minimum absolute atomic E-state index is 0.0638. The van der Waals surface area contributed by atoms with E-state index >= 15 is 0 Å². The Labute approximate surface area is 164 Å². The van der Waals surface area contributed by atoms with Crippen molar-refractivity contribution in [2.75, 3.05) is 0 Å². The standard InChI is InChI=1S/C19H29N5O4/c1-10(2)18(5,16(20)27)23-14(25)12-8-7-9-13(22-12)15(26)24-19(6,11(3)4)17(21)28/h7-11H,1-6H3,(H2,20,27)(H2,21,28)(H,23,25)(H,24,26)/t18-,19-/m0/s1. The monoisotopic (exact) mass is 391 g/mol. The van der Waals surface area contributed by atoms with Crippen LogP contribution >= 0.6 is 0 Å². The highest BCUT2D eigenvalue weighted by molar-refractivity contribution is 6.00. The van der Waals surface area contributed by atoms with Crippen LogP contribution in [-0.2, 0) is 9.59 Å². The van der Waals surface area contributed by atoms with E-state index < -0.39 is 34.7 Å². The third-order valence-corrected chi connectivity index (χ3v) is 5.29. The molecule has 9 nitrogen and oxygen atoms in total. The number of hydrogen-bond acceptors (Lipinski definition) is 5. The number of aromatic nitrogens is 1. The number of nitrogens with one attached hydrogen (secondary N) is 2. The van der Waals surface area contributed by atoms with Crippen LogP contribution in [0.3, 0.4) is 0 Å². The van der Waals surface area contributed by atoms with Crippen LogP contribution in [0.15, 0.2) is 18.2 Å². The second-order valence-electron chi connectivity index (χ2n) is 7.76. The zero-order valence-electron chi connectivity index (χ0n) is 17.1. The molecule has 0 radical (unpaired) electrons. The van der Waals surface area contributed by atoms with E-state index in [9.17, 15) is 19.2 Å². The largest absolute Gasteiger partial charge is 0.368 e. The molecule has 154 valence electrons. The fourth-order valence-electron chi connectivity index (χ4n) is 2.27. The lowest BCUT2D eigenvalue weighted by molar-refractivity contribution is -0.125. The van der Waals surface area contributed by atoms with Gasteiger partial charge in [-0.25, -0.2) is 4.98 Å². The molecule has 0 unspecified atom stereocenters. The average molecular weight is 391 g/mol. The first-order chi connectivity index (χ1) is 12.8. The van der Waals surface area contributed by atoms with Gasteiger partial charge in [0.05, 0.1) is 0 Å². The lowest BCUT2D eigenvalue weighted by Gasteiger charge is -2.31. The first-order valence-electron chi connectivity index (χ1n) is 8.97. The Morgan fingerprint density at radius 3 is 1.39 bits per heavy atom. The van der Waals surface area contributed by atoms with Crippen molar-refractivity contribution < 1.29 is 19.2 Å². The van der Waals surface area contributed by atoms with E-state index in [2.05, 4.69) is 15.6 Å². The number of primary amides is 2. The topological polar surface area (TPSA) is 157 Å². The molecule has 4 amide bonds. The van der Waals surface area contributed by atoms with Gasteiger partial charge in [-0.1, -0.05) is 33.8 Å². The number of pyridine rings is 1. The third-order valence-electron chi connectivity index (χ3n) is 5.29. The van der Waals surface area contributed by atoms with Crippen molar-refractivity contribution >= 4 is 23.6 Å². The molecule has 9 heteroatoms. The Bertz CT molecular complexity index is 731. The number of nitrogens with two attached hydrogens (primary N) is 2. The highest BCUT2D eigenvalue weighted by atomic mass is 16.2. The van der Waals surface area contributed by atoms with E-state index in [4.69, 9.17) is 11.5 Å². The van der Waals surface area contributed by atoms with Gasteiger partial charge in [-0.05, 0) is 37.8 Å². The predicted octanol–water partition coefficient (Wildman–Crippen LogP) is 0.341. The second-order valence-corrected chi connectivity index (χ2v) is 7.76. The fraction of sp³-hybridized carbons (Fsp3) is 0.526. The summed E-state index contributed by atoms with van der Waals surface area (Å²) in [6, 6.07) is 4.29. The Hall–Kier alpha value is -2.97. The Balaban J connectivity index is 3.12. The molecule has 0 aliphatic heterocycles.